The van der Waals surface area contributed by atoms with Crippen LogP contribution in [0.3, 0.4) is 0 Å². The van der Waals surface area contributed by atoms with Gasteiger partial charge in [0.05, 0.1) is 11.2 Å². The molecule has 0 amide bonds. The van der Waals surface area contributed by atoms with E-state index in [1.165, 1.54) is 119 Å². The molecule has 0 saturated carbocycles. The van der Waals surface area contributed by atoms with Crippen molar-refractivity contribution < 1.29 is 0 Å². The molecule has 8 aromatic rings. The number of fused-ring (bicyclic) bond motifs is 10. The number of para-hydroxylation sites is 3. The molecule has 5 aliphatic rings. The minimum Gasteiger partial charge on any atom is -0.330 e. The summed E-state index contributed by atoms with van der Waals surface area (Å²) in [5.41, 5.74) is 24.7. The standard InChI is InChI=1S/C67H66BN3/c1-43(2)49-35-36-65(6,7)54-42-56-60(41-51(49)54)70(57-33-32-46(64(3,4)5)38-50(57)44-22-12-10-13-23-44)62-40-48(39-61-63(62)68(56)55-29-19-21-31-59(55)69(61)47-25-14-11-15-26-47)71-58-30-20-18-28-53(58)66(8)37-34-45-24-16-17-27-52(45)67(66,71)9/h10-33,38-43,49H,34-37H2,1-9H3. The Kier molecular flexibility index (Phi) is 9.72. The first-order valence-corrected chi connectivity index (χ1v) is 26.5. The summed E-state index contributed by atoms with van der Waals surface area (Å²) in [6.07, 6.45) is 4.53. The van der Waals surface area contributed by atoms with Crippen molar-refractivity contribution in [2.24, 2.45) is 5.92 Å². The molecule has 0 fully saturated rings. The topological polar surface area (TPSA) is 9.72 Å². The van der Waals surface area contributed by atoms with Crippen LogP contribution in [0.4, 0.5) is 45.5 Å². The summed E-state index contributed by atoms with van der Waals surface area (Å²) >= 11 is 0. The highest BCUT2D eigenvalue weighted by Gasteiger charge is 2.60. The van der Waals surface area contributed by atoms with E-state index in [9.17, 15) is 0 Å². The summed E-state index contributed by atoms with van der Waals surface area (Å²) in [7, 11) is 0. The van der Waals surface area contributed by atoms with Gasteiger partial charge in [0.2, 0.25) is 0 Å². The van der Waals surface area contributed by atoms with E-state index in [0.717, 1.165) is 12.8 Å². The van der Waals surface area contributed by atoms with E-state index >= 15 is 0 Å². The van der Waals surface area contributed by atoms with Gasteiger partial charge in [-0.2, -0.15) is 0 Å². The smallest absolute Gasteiger partial charge is 0.252 e. The van der Waals surface area contributed by atoms with Crippen molar-refractivity contribution >= 4 is 68.6 Å². The summed E-state index contributed by atoms with van der Waals surface area (Å²) in [5, 5.41) is 0. The van der Waals surface area contributed by atoms with Gasteiger partial charge in [0.15, 0.2) is 0 Å². The molecule has 4 heteroatoms. The number of hydrogen-bond acceptors (Lipinski definition) is 3. The third kappa shape index (κ3) is 6.28. The van der Waals surface area contributed by atoms with Gasteiger partial charge >= 0.3 is 0 Å². The Morgan fingerprint density at radius 3 is 1.92 bits per heavy atom. The van der Waals surface area contributed by atoms with Crippen molar-refractivity contribution in [1.82, 2.24) is 0 Å². The van der Waals surface area contributed by atoms with Gasteiger partial charge in [0.1, 0.15) is 0 Å². The summed E-state index contributed by atoms with van der Waals surface area (Å²) in [5.74, 6) is 0.998. The van der Waals surface area contributed by atoms with Crippen LogP contribution in [0.2, 0.25) is 0 Å². The lowest BCUT2D eigenvalue weighted by molar-refractivity contribution is 0.245. The largest absolute Gasteiger partial charge is 0.330 e. The van der Waals surface area contributed by atoms with E-state index < -0.39 is 0 Å². The molecular formula is C67H66BN3. The van der Waals surface area contributed by atoms with Gasteiger partial charge in [-0.3, -0.25) is 0 Å². The Balaban J connectivity index is 1.20. The molecule has 2 aliphatic carbocycles. The average molecular weight is 924 g/mol. The first kappa shape index (κ1) is 44.2. The molecule has 0 bridgehead atoms. The summed E-state index contributed by atoms with van der Waals surface area (Å²) in [6.45, 7) is 22.0. The number of rotatable bonds is 5. The number of anilines is 8. The van der Waals surface area contributed by atoms with Crippen molar-refractivity contribution in [3.63, 3.8) is 0 Å². The van der Waals surface area contributed by atoms with E-state index in [-0.39, 0.29) is 28.5 Å². The minimum absolute atomic E-state index is 0.00753. The predicted octanol–water partition coefficient (Wildman–Crippen LogP) is 15.8. The Hall–Kier alpha value is -6.78. The van der Waals surface area contributed by atoms with E-state index in [0.29, 0.717) is 11.8 Å². The molecule has 0 radical (unpaired) electrons. The zero-order chi connectivity index (χ0) is 48.8. The molecule has 3 heterocycles. The molecule has 3 atom stereocenters. The molecule has 71 heavy (non-hydrogen) atoms. The van der Waals surface area contributed by atoms with Crippen molar-refractivity contribution in [1.29, 1.82) is 0 Å². The van der Waals surface area contributed by atoms with E-state index in [4.69, 9.17) is 0 Å². The lowest BCUT2D eigenvalue weighted by Gasteiger charge is -2.52. The maximum Gasteiger partial charge on any atom is 0.252 e. The molecule has 0 saturated heterocycles. The summed E-state index contributed by atoms with van der Waals surface area (Å²) in [4.78, 5) is 8.10. The van der Waals surface area contributed by atoms with Gasteiger partial charge in [0, 0.05) is 50.8 Å². The molecule has 3 nitrogen and oxygen atoms in total. The van der Waals surface area contributed by atoms with Crippen LogP contribution >= 0.6 is 0 Å². The van der Waals surface area contributed by atoms with Crippen LogP contribution in [0.15, 0.2) is 176 Å². The minimum atomic E-state index is -0.369. The zero-order valence-electron chi connectivity index (χ0n) is 43.1. The number of hydrogen-bond donors (Lipinski definition) is 0. The zero-order valence-corrected chi connectivity index (χ0v) is 43.1. The van der Waals surface area contributed by atoms with E-state index in [1.54, 1.807) is 0 Å². The van der Waals surface area contributed by atoms with Crippen LogP contribution in [0.1, 0.15) is 121 Å². The van der Waals surface area contributed by atoms with Crippen molar-refractivity contribution in [2.75, 3.05) is 14.7 Å². The number of nitrogens with zero attached hydrogens (tertiary/aromatic N) is 3. The molecule has 8 aromatic carbocycles. The predicted molar refractivity (Wildman–Crippen MR) is 302 cm³/mol. The molecule has 352 valence electrons. The van der Waals surface area contributed by atoms with Crippen molar-refractivity contribution in [3.05, 3.63) is 209 Å². The second-order valence-electron chi connectivity index (χ2n) is 23.9. The highest BCUT2D eigenvalue weighted by molar-refractivity contribution is 7.00. The first-order chi connectivity index (χ1) is 34.2. The fourth-order valence-corrected chi connectivity index (χ4v) is 14.4. The van der Waals surface area contributed by atoms with Gasteiger partial charge in [-0.15, -0.1) is 0 Å². The van der Waals surface area contributed by atoms with Crippen LogP contribution in [0.25, 0.3) is 11.1 Å². The van der Waals surface area contributed by atoms with Crippen LogP contribution in [0, 0.1) is 5.92 Å². The van der Waals surface area contributed by atoms with Crippen LogP contribution in [-0.2, 0) is 28.2 Å². The summed E-state index contributed by atoms with van der Waals surface area (Å²) in [6, 6.07) is 68.3. The molecular weight excluding hydrogens is 858 g/mol. The van der Waals surface area contributed by atoms with Gasteiger partial charge < -0.3 is 14.7 Å². The average Bonchev–Trinajstić information content (AvgIpc) is 3.60. The highest BCUT2D eigenvalue weighted by Crippen LogP contribution is 2.64. The van der Waals surface area contributed by atoms with Crippen molar-refractivity contribution in [3.8, 4) is 11.1 Å². The van der Waals surface area contributed by atoms with Crippen molar-refractivity contribution in [2.45, 2.75) is 116 Å². The fourth-order valence-electron chi connectivity index (χ4n) is 14.4. The van der Waals surface area contributed by atoms with Gasteiger partial charge in [-0.25, -0.2) is 0 Å². The first-order valence-electron chi connectivity index (χ1n) is 26.5. The van der Waals surface area contributed by atoms with Gasteiger partial charge in [-0.05, 0) is 165 Å². The number of aryl methyl sites for hydroxylation is 1. The molecule has 13 rings (SSSR count). The highest BCUT2D eigenvalue weighted by atomic mass is 15.3. The quantitative estimate of drug-likeness (QED) is 0.159. The Morgan fingerprint density at radius 2 is 1.18 bits per heavy atom. The number of benzene rings is 8. The molecule has 0 N–H and O–H groups in total. The van der Waals surface area contributed by atoms with Gasteiger partial charge in [0.25, 0.3) is 6.71 Å². The fraction of sp³-hybridized carbons (Fsp3) is 0.284. The van der Waals surface area contributed by atoms with Gasteiger partial charge in [-0.1, -0.05) is 177 Å². The maximum atomic E-state index is 2.77. The van der Waals surface area contributed by atoms with Crippen LogP contribution in [0.5, 0.6) is 0 Å². The Bertz CT molecular complexity index is 3440. The molecule has 3 unspecified atom stereocenters. The lowest BCUT2D eigenvalue weighted by atomic mass is 9.33. The van der Waals surface area contributed by atoms with Crippen LogP contribution < -0.4 is 31.1 Å². The Labute approximate surface area is 423 Å². The van der Waals surface area contributed by atoms with E-state index in [1.807, 2.05) is 0 Å². The molecule has 0 aromatic heterocycles. The monoisotopic (exact) mass is 924 g/mol. The molecule has 3 aliphatic heterocycles. The third-order valence-corrected chi connectivity index (χ3v) is 18.3. The SMILES string of the molecule is CC(C)C1CCC(C)(C)c2cc3c(cc21)N(c1ccc(C(C)(C)C)cc1-c1ccccc1)c1cc(N2c4ccccc4C4(C)CCc5ccccc5C24C)cc2c1B3c1ccccc1N2c1ccccc1. The van der Waals surface area contributed by atoms with Crippen LogP contribution in [-0.4, -0.2) is 6.71 Å². The summed E-state index contributed by atoms with van der Waals surface area (Å²) < 4.78 is 0. The Morgan fingerprint density at radius 1 is 0.535 bits per heavy atom. The lowest BCUT2D eigenvalue weighted by Crippen LogP contribution is -2.62. The third-order valence-electron chi connectivity index (χ3n) is 18.3. The maximum absolute atomic E-state index is 2.77. The second-order valence-corrected chi connectivity index (χ2v) is 23.9. The van der Waals surface area contributed by atoms with E-state index in [2.05, 4.69) is 253 Å². The second kappa shape index (κ2) is 15.6. The normalized spacial score (nSPS) is 21.2. The molecule has 0 spiro atoms.